The van der Waals surface area contributed by atoms with Crippen LogP contribution < -0.4 is 4.72 Å². The van der Waals surface area contributed by atoms with Gasteiger partial charge in [-0.3, -0.25) is 4.79 Å². The molecule has 27 heavy (non-hydrogen) atoms. The van der Waals surface area contributed by atoms with E-state index in [0.29, 0.717) is 18.3 Å². The molecule has 3 rings (SSSR count). The fraction of sp³-hybridized carbons (Fsp3) is 0.474. The summed E-state index contributed by atoms with van der Waals surface area (Å²) < 4.78 is 28.3. The smallest absolute Gasteiger partial charge is 0.335 e. The largest absolute Gasteiger partial charge is 0.481 e. The van der Waals surface area contributed by atoms with Gasteiger partial charge in [-0.25, -0.2) is 17.9 Å². The van der Waals surface area contributed by atoms with Crippen molar-refractivity contribution in [1.82, 2.24) is 4.72 Å². The molecule has 2 fully saturated rings. The first-order valence-electron chi connectivity index (χ1n) is 9.00. The van der Waals surface area contributed by atoms with Crippen molar-refractivity contribution in [3.8, 4) is 0 Å². The third kappa shape index (κ3) is 4.39. The maximum atomic E-state index is 12.8. The zero-order chi connectivity index (χ0) is 19.6. The van der Waals surface area contributed by atoms with Gasteiger partial charge in [0.05, 0.1) is 16.9 Å². The quantitative estimate of drug-likeness (QED) is 0.584. The number of rotatable bonds is 8. The van der Waals surface area contributed by atoms with E-state index in [0.717, 1.165) is 19.3 Å². The number of carboxylic acids is 2. The summed E-state index contributed by atoms with van der Waals surface area (Å²) in [6.45, 7) is 0. The highest BCUT2D eigenvalue weighted by atomic mass is 32.2. The first-order chi connectivity index (χ1) is 12.8. The molecule has 0 heterocycles. The number of carbonyl (C=O) groups is 2. The Kier molecular flexibility index (Phi) is 5.67. The van der Waals surface area contributed by atoms with Crippen molar-refractivity contribution < 1.29 is 28.2 Å². The number of sulfonamides is 1. The highest BCUT2D eigenvalue weighted by molar-refractivity contribution is 7.89. The van der Waals surface area contributed by atoms with Crippen LogP contribution >= 0.6 is 0 Å². The minimum atomic E-state index is -3.75. The summed E-state index contributed by atoms with van der Waals surface area (Å²) in [6.07, 6.45) is 7.13. The van der Waals surface area contributed by atoms with Gasteiger partial charge in [0, 0.05) is 6.04 Å². The van der Waals surface area contributed by atoms with Gasteiger partial charge in [-0.05, 0) is 67.7 Å². The number of fused-ring (bicyclic) bond motifs is 2. The monoisotopic (exact) mass is 393 g/mol. The van der Waals surface area contributed by atoms with Crippen molar-refractivity contribution in [2.75, 3.05) is 0 Å². The second-order valence-electron chi connectivity index (χ2n) is 7.28. The molecular weight excluding hydrogens is 370 g/mol. The third-order valence-corrected chi connectivity index (χ3v) is 7.13. The zero-order valence-corrected chi connectivity index (χ0v) is 15.6. The number of nitrogens with one attached hydrogen (secondary N) is 1. The minimum absolute atomic E-state index is 0.0346. The zero-order valence-electron chi connectivity index (χ0n) is 14.7. The second kappa shape index (κ2) is 7.82. The van der Waals surface area contributed by atoms with E-state index in [1.165, 1.54) is 24.3 Å². The maximum Gasteiger partial charge on any atom is 0.335 e. The molecular formula is C19H23NO6S. The Balaban J connectivity index is 1.72. The van der Waals surface area contributed by atoms with E-state index in [9.17, 15) is 18.0 Å². The molecule has 3 N–H and O–H groups in total. The van der Waals surface area contributed by atoms with Crippen molar-refractivity contribution >= 4 is 22.0 Å². The first kappa shape index (κ1) is 19.6. The molecule has 1 aromatic carbocycles. The highest BCUT2D eigenvalue weighted by Crippen LogP contribution is 2.50. The Labute approximate surface area is 158 Å². The number of allylic oxidation sites excluding steroid dienone is 1. The van der Waals surface area contributed by atoms with Gasteiger partial charge in [0.1, 0.15) is 0 Å². The molecule has 0 spiro atoms. The summed E-state index contributed by atoms with van der Waals surface area (Å²) in [6, 6.07) is 5.00. The van der Waals surface area contributed by atoms with E-state index in [4.69, 9.17) is 10.2 Å². The molecule has 7 nitrogen and oxygen atoms in total. The molecule has 2 aliphatic rings. The van der Waals surface area contributed by atoms with Gasteiger partial charge in [0.15, 0.2) is 0 Å². The molecule has 0 saturated heterocycles. The van der Waals surface area contributed by atoms with Gasteiger partial charge in [-0.2, -0.15) is 0 Å². The van der Waals surface area contributed by atoms with Crippen molar-refractivity contribution in [1.29, 1.82) is 0 Å². The van der Waals surface area contributed by atoms with Crippen LogP contribution in [0.2, 0.25) is 0 Å². The lowest BCUT2D eigenvalue weighted by Gasteiger charge is -2.31. The van der Waals surface area contributed by atoms with Gasteiger partial charge in [0.2, 0.25) is 10.0 Å². The summed E-state index contributed by atoms with van der Waals surface area (Å²) >= 11 is 0. The van der Waals surface area contributed by atoms with E-state index in [1.54, 1.807) is 6.08 Å². The van der Waals surface area contributed by atoms with Crippen LogP contribution in [0.25, 0.3) is 0 Å². The predicted molar refractivity (Wildman–Crippen MR) is 97.8 cm³/mol. The minimum Gasteiger partial charge on any atom is -0.481 e. The van der Waals surface area contributed by atoms with E-state index >= 15 is 0 Å². The van der Waals surface area contributed by atoms with Crippen LogP contribution in [0.4, 0.5) is 0 Å². The number of hydrogen-bond donors (Lipinski definition) is 3. The third-order valence-electron chi connectivity index (χ3n) is 5.66. The van der Waals surface area contributed by atoms with Crippen molar-refractivity contribution in [2.45, 2.75) is 43.0 Å². The molecule has 146 valence electrons. The topological polar surface area (TPSA) is 121 Å². The van der Waals surface area contributed by atoms with E-state index in [1.807, 2.05) is 6.08 Å². The molecule has 2 saturated carbocycles. The molecule has 2 bridgehead atoms. The Hall–Kier alpha value is -2.19. The van der Waals surface area contributed by atoms with Crippen LogP contribution in [-0.2, 0) is 14.8 Å². The molecule has 0 radical (unpaired) electrons. The van der Waals surface area contributed by atoms with Crippen LogP contribution in [0.1, 0.15) is 42.5 Å². The normalized spacial score (nSPS) is 27.3. The Bertz CT molecular complexity index is 845. The van der Waals surface area contributed by atoms with Gasteiger partial charge in [-0.15, -0.1) is 0 Å². The standard InChI is InChI=1S/C19H23NO6S/c21-17(22)4-2-1-3-16-13-5-6-14(11-13)18(16)20-27(25,26)15-9-7-12(8-10-15)19(23)24/h1-2,7-10,13-14,16,18,20H,3-6,11H2,(H,21,22)(H,23,24). The highest BCUT2D eigenvalue weighted by Gasteiger charge is 2.48. The lowest BCUT2D eigenvalue weighted by molar-refractivity contribution is -0.136. The van der Waals surface area contributed by atoms with Crippen LogP contribution in [0, 0.1) is 17.8 Å². The SMILES string of the molecule is O=C(O)CC=CCC1C2CCC(C2)C1NS(=O)(=O)c1ccc(C(=O)O)cc1. The van der Waals surface area contributed by atoms with Crippen LogP contribution in [0.5, 0.6) is 0 Å². The van der Waals surface area contributed by atoms with Gasteiger partial charge in [0.25, 0.3) is 0 Å². The van der Waals surface area contributed by atoms with Crippen LogP contribution in [-0.4, -0.2) is 36.6 Å². The summed E-state index contributed by atoms with van der Waals surface area (Å²) in [5.74, 6) is -1.09. The summed E-state index contributed by atoms with van der Waals surface area (Å²) in [7, 11) is -3.75. The molecule has 8 heteroatoms. The van der Waals surface area contributed by atoms with E-state index in [-0.39, 0.29) is 28.8 Å². The lowest BCUT2D eigenvalue weighted by atomic mass is 9.83. The van der Waals surface area contributed by atoms with Crippen molar-refractivity contribution in [2.24, 2.45) is 17.8 Å². The van der Waals surface area contributed by atoms with Crippen LogP contribution in [0.3, 0.4) is 0 Å². The molecule has 0 aromatic heterocycles. The molecule has 4 unspecified atom stereocenters. The lowest BCUT2D eigenvalue weighted by Crippen LogP contribution is -2.43. The Morgan fingerprint density at radius 2 is 1.74 bits per heavy atom. The van der Waals surface area contributed by atoms with Crippen molar-refractivity contribution in [3.05, 3.63) is 42.0 Å². The van der Waals surface area contributed by atoms with Gasteiger partial charge in [-0.1, -0.05) is 12.2 Å². The Morgan fingerprint density at radius 1 is 1.07 bits per heavy atom. The number of hydrogen-bond acceptors (Lipinski definition) is 4. The van der Waals surface area contributed by atoms with Gasteiger partial charge < -0.3 is 10.2 Å². The Morgan fingerprint density at radius 3 is 2.37 bits per heavy atom. The second-order valence-corrected chi connectivity index (χ2v) is 8.99. The predicted octanol–water partition coefficient (Wildman–Crippen LogP) is 2.50. The van der Waals surface area contributed by atoms with Crippen LogP contribution in [0.15, 0.2) is 41.3 Å². The fourth-order valence-corrected chi connectivity index (χ4v) is 5.75. The fourth-order valence-electron chi connectivity index (χ4n) is 4.39. The van der Waals surface area contributed by atoms with Gasteiger partial charge >= 0.3 is 11.9 Å². The molecule has 1 aromatic rings. The van der Waals surface area contributed by atoms with E-state index < -0.39 is 22.0 Å². The summed E-state index contributed by atoms with van der Waals surface area (Å²) in [5, 5.41) is 17.7. The number of carboxylic acid groups (broad SMARTS) is 2. The summed E-state index contributed by atoms with van der Waals surface area (Å²) in [4.78, 5) is 21.6. The molecule has 2 aliphatic carbocycles. The average Bonchev–Trinajstić information content (AvgIpc) is 3.20. The first-order valence-corrected chi connectivity index (χ1v) is 10.5. The van der Waals surface area contributed by atoms with Crippen molar-refractivity contribution in [3.63, 3.8) is 0 Å². The average molecular weight is 393 g/mol. The maximum absolute atomic E-state index is 12.8. The number of aromatic carboxylic acids is 1. The molecule has 0 amide bonds. The molecule has 4 atom stereocenters. The number of benzene rings is 1. The summed E-state index contributed by atoms with van der Waals surface area (Å²) in [5.41, 5.74) is 0.0373. The van der Waals surface area contributed by atoms with E-state index in [2.05, 4.69) is 4.72 Å². The number of aliphatic carboxylic acids is 1. The molecule has 0 aliphatic heterocycles.